The van der Waals surface area contributed by atoms with Crippen molar-refractivity contribution in [3.8, 4) is 0 Å². The molecule has 0 radical (unpaired) electrons. The van der Waals surface area contributed by atoms with Crippen LogP contribution in [0.25, 0.3) is 0 Å². The smallest absolute Gasteiger partial charge is 0.263 e. The van der Waals surface area contributed by atoms with Gasteiger partial charge in [0.05, 0.1) is 5.69 Å². The molecule has 0 bridgehead atoms. The molecular formula is C13H17F3N2. The number of anilines is 1. The van der Waals surface area contributed by atoms with E-state index in [-0.39, 0.29) is 11.3 Å². The Morgan fingerprint density at radius 2 is 2.17 bits per heavy atom. The highest BCUT2D eigenvalue weighted by atomic mass is 19.3. The van der Waals surface area contributed by atoms with Crippen molar-refractivity contribution in [3.05, 3.63) is 29.6 Å². The Hall–Kier alpha value is -1.23. The predicted octanol–water partition coefficient (Wildman–Crippen LogP) is 3.32. The molecule has 2 rings (SSSR count). The maximum atomic E-state index is 13.5. The topological polar surface area (TPSA) is 24.1 Å². The molecule has 1 fully saturated rings. The van der Waals surface area contributed by atoms with E-state index in [2.05, 4.69) is 10.6 Å². The summed E-state index contributed by atoms with van der Waals surface area (Å²) >= 11 is 0. The average Bonchev–Trinajstić information content (AvgIpc) is 2.38. The first-order valence-corrected chi connectivity index (χ1v) is 6.21. The summed E-state index contributed by atoms with van der Waals surface area (Å²) in [4.78, 5) is 0. The molecule has 0 saturated carbocycles. The Morgan fingerprint density at radius 3 is 2.78 bits per heavy atom. The summed E-state index contributed by atoms with van der Waals surface area (Å²) in [6.07, 6.45) is 0.776. The molecule has 2 nitrogen and oxygen atoms in total. The Kier molecular flexibility index (Phi) is 4.47. The lowest BCUT2D eigenvalue weighted by Crippen LogP contribution is -2.39. The third-order valence-electron chi connectivity index (χ3n) is 3.20. The van der Waals surface area contributed by atoms with E-state index in [0.29, 0.717) is 12.6 Å². The normalized spacial score (nSPS) is 20.1. The van der Waals surface area contributed by atoms with Crippen LogP contribution in [0.3, 0.4) is 0 Å². The van der Waals surface area contributed by atoms with Gasteiger partial charge in [0.1, 0.15) is 5.82 Å². The molecule has 5 heteroatoms. The van der Waals surface area contributed by atoms with Gasteiger partial charge in [-0.2, -0.15) is 0 Å². The SMILES string of the molecule is Fc1cc(C(F)F)ccc1NCC1CCCCN1. The van der Waals surface area contributed by atoms with E-state index < -0.39 is 12.2 Å². The number of piperidine rings is 1. The first kappa shape index (κ1) is 13.2. The Labute approximate surface area is 105 Å². The summed E-state index contributed by atoms with van der Waals surface area (Å²) in [6, 6.07) is 3.85. The van der Waals surface area contributed by atoms with Crippen LogP contribution in [-0.4, -0.2) is 19.1 Å². The molecule has 1 aromatic rings. The van der Waals surface area contributed by atoms with Crippen molar-refractivity contribution in [2.75, 3.05) is 18.4 Å². The first-order chi connectivity index (χ1) is 8.66. The molecule has 1 aliphatic rings. The molecule has 1 saturated heterocycles. The van der Waals surface area contributed by atoms with Gasteiger partial charge in [0, 0.05) is 18.2 Å². The Morgan fingerprint density at radius 1 is 1.33 bits per heavy atom. The molecule has 0 amide bonds. The number of rotatable bonds is 4. The third-order valence-corrected chi connectivity index (χ3v) is 3.20. The fourth-order valence-electron chi connectivity index (χ4n) is 2.14. The molecular weight excluding hydrogens is 241 g/mol. The summed E-state index contributed by atoms with van der Waals surface area (Å²) in [6.45, 7) is 1.60. The average molecular weight is 258 g/mol. The summed E-state index contributed by atoms with van der Waals surface area (Å²) in [5, 5.41) is 6.30. The van der Waals surface area contributed by atoms with Crippen molar-refractivity contribution in [3.63, 3.8) is 0 Å². The van der Waals surface area contributed by atoms with Gasteiger partial charge in [-0.05, 0) is 31.5 Å². The van der Waals surface area contributed by atoms with E-state index in [1.807, 2.05) is 0 Å². The lowest BCUT2D eigenvalue weighted by molar-refractivity contribution is 0.151. The van der Waals surface area contributed by atoms with Crippen molar-refractivity contribution in [1.82, 2.24) is 5.32 Å². The van der Waals surface area contributed by atoms with E-state index >= 15 is 0 Å². The number of hydrogen-bond donors (Lipinski definition) is 2. The largest absolute Gasteiger partial charge is 0.381 e. The molecule has 2 N–H and O–H groups in total. The van der Waals surface area contributed by atoms with Crippen LogP contribution in [0.4, 0.5) is 18.9 Å². The minimum Gasteiger partial charge on any atom is -0.381 e. The highest BCUT2D eigenvalue weighted by molar-refractivity contribution is 5.46. The Balaban J connectivity index is 1.92. The molecule has 0 aliphatic carbocycles. The zero-order valence-electron chi connectivity index (χ0n) is 10.1. The van der Waals surface area contributed by atoms with Gasteiger partial charge in [-0.1, -0.05) is 12.5 Å². The molecule has 1 aliphatic heterocycles. The maximum Gasteiger partial charge on any atom is 0.263 e. The van der Waals surface area contributed by atoms with E-state index in [9.17, 15) is 13.2 Å². The standard InChI is InChI=1S/C13H17F3N2/c14-11-7-9(13(15)16)4-5-12(11)18-8-10-3-1-2-6-17-10/h4-5,7,10,13,17-18H,1-3,6,8H2. The van der Waals surface area contributed by atoms with Crippen molar-refractivity contribution >= 4 is 5.69 Å². The summed E-state index contributed by atoms with van der Waals surface area (Å²) in [5.74, 6) is -0.622. The number of nitrogens with one attached hydrogen (secondary N) is 2. The van der Waals surface area contributed by atoms with Gasteiger partial charge in [-0.3, -0.25) is 0 Å². The van der Waals surface area contributed by atoms with E-state index in [1.165, 1.54) is 25.0 Å². The second-order valence-electron chi connectivity index (χ2n) is 4.57. The lowest BCUT2D eigenvalue weighted by Gasteiger charge is -2.24. The number of hydrogen-bond acceptors (Lipinski definition) is 2. The zero-order chi connectivity index (χ0) is 13.0. The molecule has 1 aromatic carbocycles. The van der Waals surface area contributed by atoms with Gasteiger partial charge < -0.3 is 10.6 Å². The summed E-state index contributed by atoms with van der Waals surface area (Å²) in [7, 11) is 0. The quantitative estimate of drug-likeness (QED) is 0.865. The van der Waals surface area contributed by atoms with E-state index in [0.717, 1.165) is 19.0 Å². The van der Waals surface area contributed by atoms with Crippen LogP contribution in [-0.2, 0) is 0 Å². The minimum absolute atomic E-state index is 0.283. The van der Waals surface area contributed by atoms with Gasteiger partial charge in [-0.25, -0.2) is 13.2 Å². The highest BCUT2D eigenvalue weighted by Crippen LogP contribution is 2.23. The molecule has 0 aromatic heterocycles. The van der Waals surface area contributed by atoms with Crippen molar-refractivity contribution < 1.29 is 13.2 Å². The van der Waals surface area contributed by atoms with Crippen LogP contribution >= 0.6 is 0 Å². The predicted molar refractivity (Wildman–Crippen MR) is 65.5 cm³/mol. The molecule has 1 atom stereocenters. The number of alkyl halides is 2. The highest BCUT2D eigenvalue weighted by Gasteiger charge is 2.14. The second kappa shape index (κ2) is 6.09. The number of halogens is 3. The monoisotopic (exact) mass is 258 g/mol. The fourth-order valence-corrected chi connectivity index (χ4v) is 2.14. The van der Waals surface area contributed by atoms with Gasteiger partial charge in [-0.15, -0.1) is 0 Å². The molecule has 18 heavy (non-hydrogen) atoms. The molecule has 0 spiro atoms. The number of benzene rings is 1. The van der Waals surface area contributed by atoms with Crippen molar-refractivity contribution in [2.45, 2.75) is 31.7 Å². The van der Waals surface area contributed by atoms with E-state index in [4.69, 9.17) is 0 Å². The lowest BCUT2D eigenvalue weighted by atomic mass is 10.1. The van der Waals surface area contributed by atoms with Gasteiger partial charge in [0.2, 0.25) is 0 Å². The van der Waals surface area contributed by atoms with Gasteiger partial charge >= 0.3 is 0 Å². The zero-order valence-corrected chi connectivity index (χ0v) is 10.1. The second-order valence-corrected chi connectivity index (χ2v) is 4.57. The Bertz CT molecular complexity index is 390. The molecule has 1 unspecified atom stereocenters. The molecule has 100 valence electrons. The van der Waals surface area contributed by atoms with Crippen molar-refractivity contribution in [1.29, 1.82) is 0 Å². The van der Waals surface area contributed by atoms with Crippen molar-refractivity contribution in [2.24, 2.45) is 0 Å². The van der Waals surface area contributed by atoms with Gasteiger partial charge in [0.15, 0.2) is 0 Å². The first-order valence-electron chi connectivity index (χ1n) is 6.21. The molecule has 1 heterocycles. The fraction of sp³-hybridized carbons (Fsp3) is 0.538. The van der Waals surface area contributed by atoms with Gasteiger partial charge in [0.25, 0.3) is 6.43 Å². The van der Waals surface area contributed by atoms with Crippen LogP contribution in [0.5, 0.6) is 0 Å². The summed E-state index contributed by atoms with van der Waals surface area (Å²) in [5.41, 5.74) is 0.000569. The van der Waals surface area contributed by atoms with Crippen LogP contribution in [0.2, 0.25) is 0 Å². The van der Waals surface area contributed by atoms with Crippen LogP contribution in [0.1, 0.15) is 31.3 Å². The minimum atomic E-state index is -2.63. The summed E-state index contributed by atoms with van der Waals surface area (Å²) < 4.78 is 38.3. The maximum absolute atomic E-state index is 13.5. The van der Waals surface area contributed by atoms with Crippen LogP contribution in [0, 0.1) is 5.82 Å². The van der Waals surface area contributed by atoms with E-state index in [1.54, 1.807) is 0 Å². The van der Waals surface area contributed by atoms with Crippen LogP contribution < -0.4 is 10.6 Å². The third kappa shape index (κ3) is 3.38. The van der Waals surface area contributed by atoms with Crippen LogP contribution in [0.15, 0.2) is 18.2 Å².